The number of carbonyl (C=O) groups excluding carboxylic acids is 1. The van der Waals surface area contributed by atoms with Crippen molar-refractivity contribution in [3.8, 4) is 0 Å². The first kappa shape index (κ1) is 11.9. The summed E-state index contributed by atoms with van der Waals surface area (Å²) < 4.78 is 13.6. The standard InChI is InChI=1S/C10H12ClFN2O/c1-5(13)8(10(14)15)6-3-2-4-7(11)9(6)12/h2-5,8H,13H2,1H3,(H2,14,15)/t5-,8+/m0/s1. The van der Waals surface area contributed by atoms with Crippen LogP contribution in [-0.4, -0.2) is 11.9 Å². The van der Waals surface area contributed by atoms with Gasteiger partial charge in [-0.25, -0.2) is 4.39 Å². The Kier molecular flexibility index (Phi) is 3.66. The van der Waals surface area contributed by atoms with Crippen molar-refractivity contribution < 1.29 is 9.18 Å². The highest BCUT2D eigenvalue weighted by molar-refractivity contribution is 6.30. The fourth-order valence-electron chi connectivity index (χ4n) is 1.46. The van der Waals surface area contributed by atoms with Gasteiger partial charge in [0.2, 0.25) is 5.91 Å². The summed E-state index contributed by atoms with van der Waals surface area (Å²) in [5.74, 6) is -2.16. The van der Waals surface area contributed by atoms with E-state index < -0.39 is 23.7 Å². The molecule has 4 N–H and O–H groups in total. The Bertz CT molecular complexity index is 382. The van der Waals surface area contributed by atoms with E-state index in [1.807, 2.05) is 0 Å². The molecule has 2 atom stereocenters. The zero-order chi connectivity index (χ0) is 11.6. The predicted octanol–water partition coefficient (Wildman–Crippen LogP) is 1.40. The Morgan fingerprint density at radius 1 is 1.53 bits per heavy atom. The summed E-state index contributed by atoms with van der Waals surface area (Å²) in [7, 11) is 0. The normalized spacial score (nSPS) is 14.7. The minimum Gasteiger partial charge on any atom is -0.369 e. The molecule has 0 aromatic heterocycles. The Morgan fingerprint density at radius 3 is 2.60 bits per heavy atom. The molecular formula is C10H12ClFN2O. The van der Waals surface area contributed by atoms with Crippen molar-refractivity contribution >= 4 is 17.5 Å². The van der Waals surface area contributed by atoms with Crippen LogP contribution in [0.3, 0.4) is 0 Å². The highest BCUT2D eigenvalue weighted by Gasteiger charge is 2.25. The minimum atomic E-state index is -0.858. The van der Waals surface area contributed by atoms with Gasteiger partial charge in [0.05, 0.1) is 10.9 Å². The van der Waals surface area contributed by atoms with Crippen molar-refractivity contribution in [1.29, 1.82) is 0 Å². The Hall–Kier alpha value is -1.13. The topological polar surface area (TPSA) is 69.1 Å². The van der Waals surface area contributed by atoms with Crippen LogP contribution in [0.1, 0.15) is 18.4 Å². The Morgan fingerprint density at radius 2 is 2.13 bits per heavy atom. The molecule has 0 radical (unpaired) electrons. The first-order valence-electron chi connectivity index (χ1n) is 4.44. The van der Waals surface area contributed by atoms with Crippen molar-refractivity contribution in [3.63, 3.8) is 0 Å². The largest absolute Gasteiger partial charge is 0.369 e. The summed E-state index contributed by atoms with van der Waals surface area (Å²) in [5, 5.41) is -0.0422. The Labute approximate surface area is 92.2 Å². The zero-order valence-corrected chi connectivity index (χ0v) is 8.96. The van der Waals surface area contributed by atoms with Gasteiger partial charge in [-0.3, -0.25) is 4.79 Å². The maximum absolute atomic E-state index is 13.6. The monoisotopic (exact) mass is 230 g/mol. The first-order chi connectivity index (χ1) is 6.95. The highest BCUT2D eigenvalue weighted by atomic mass is 35.5. The second-order valence-corrected chi connectivity index (χ2v) is 3.79. The second kappa shape index (κ2) is 4.59. The van der Waals surface area contributed by atoms with Gasteiger partial charge in [-0.1, -0.05) is 23.7 Å². The quantitative estimate of drug-likeness (QED) is 0.824. The summed E-state index contributed by atoms with van der Waals surface area (Å²) in [6.07, 6.45) is 0. The molecule has 0 saturated carbocycles. The van der Waals surface area contributed by atoms with Gasteiger partial charge >= 0.3 is 0 Å². The van der Waals surface area contributed by atoms with Crippen LogP contribution in [0, 0.1) is 5.82 Å². The highest BCUT2D eigenvalue weighted by Crippen LogP contribution is 2.26. The van der Waals surface area contributed by atoms with Crippen molar-refractivity contribution in [3.05, 3.63) is 34.6 Å². The minimum absolute atomic E-state index is 0.0422. The SMILES string of the molecule is C[C@H](N)[C@@H](C(N)=O)c1cccc(Cl)c1F. The molecular weight excluding hydrogens is 219 g/mol. The number of nitrogens with two attached hydrogens (primary N) is 2. The number of hydrogen-bond donors (Lipinski definition) is 2. The van der Waals surface area contributed by atoms with E-state index in [-0.39, 0.29) is 10.6 Å². The number of rotatable bonds is 3. The molecule has 0 bridgehead atoms. The lowest BCUT2D eigenvalue weighted by molar-refractivity contribution is -0.119. The van der Waals surface area contributed by atoms with Gasteiger partial charge in [-0.2, -0.15) is 0 Å². The predicted molar refractivity (Wildman–Crippen MR) is 57.0 cm³/mol. The molecule has 0 aliphatic heterocycles. The molecule has 1 aromatic rings. The van der Waals surface area contributed by atoms with Crippen molar-refractivity contribution in [2.24, 2.45) is 11.5 Å². The van der Waals surface area contributed by atoms with E-state index >= 15 is 0 Å². The van der Waals surface area contributed by atoms with Crippen LogP contribution in [-0.2, 0) is 4.79 Å². The van der Waals surface area contributed by atoms with Crippen molar-refractivity contribution in [2.45, 2.75) is 18.9 Å². The van der Waals surface area contributed by atoms with E-state index in [1.54, 1.807) is 13.0 Å². The van der Waals surface area contributed by atoms with Gasteiger partial charge in [0.25, 0.3) is 0 Å². The molecule has 1 rings (SSSR count). The van der Waals surface area contributed by atoms with Crippen LogP contribution in [0.25, 0.3) is 0 Å². The van der Waals surface area contributed by atoms with Crippen LogP contribution < -0.4 is 11.5 Å². The number of benzene rings is 1. The van der Waals surface area contributed by atoms with Crippen molar-refractivity contribution in [2.75, 3.05) is 0 Å². The maximum Gasteiger partial charge on any atom is 0.226 e. The average Bonchev–Trinajstić information content (AvgIpc) is 2.11. The fraction of sp³-hybridized carbons (Fsp3) is 0.300. The average molecular weight is 231 g/mol. The summed E-state index contributed by atoms with van der Waals surface area (Å²) in [5.41, 5.74) is 10.9. The number of halogens is 2. The fourth-order valence-corrected chi connectivity index (χ4v) is 1.64. The molecule has 5 heteroatoms. The third-order valence-corrected chi connectivity index (χ3v) is 2.44. The van der Waals surface area contributed by atoms with E-state index in [0.29, 0.717) is 0 Å². The summed E-state index contributed by atoms with van der Waals surface area (Å²) in [4.78, 5) is 11.1. The molecule has 1 aromatic carbocycles. The molecule has 1 amide bonds. The van der Waals surface area contributed by atoms with Gasteiger partial charge < -0.3 is 11.5 Å². The van der Waals surface area contributed by atoms with E-state index in [1.165, 1.54) is 12.1 Å². The van der Waals surface area contributed by atoms with Gasteiger partial charge in [0.1, 0.15) is 5.82 Å². The van der Waals surface area contributed by atoms with Crippen LogP contribution in [0.5, 0.6) is 0 Å². The molecule has 0 saturated heterocycles. The molecule has 0 heterocycles. The lowest BCUT2D eigenvalue weighted by atomic mass is 9.92. The van der Waals surface area contributed by atoms with Crippen LogP contribution in [0.2, 0.25) is 5.02 Å². The third kappa shape index (κ3) is 2.46. The van der Waals surface area contributed by atoms with E-state index in [4.69, 9.17) is 23.1 Å². The van der Waals surface area contributed by atoms with Gasteiger partial charge in [0, 0.05) is 11.6 Å². The van der Waals surface area contributed by atoms with Gasteiger partial charge in [-0.15, -0.1) is 0 Å². The van der Waals surface area contributed by atoms with Gasteiger partial charge in [-0.05, 0) is 13.0 Å². The molecule has 0 aliphatic rings. The summed E-state index contributed by atoms with van der Waals surface area (Å²) in [6, 6.07) is 3.86. The lowest BCUT2D eigenvalue weighted by Gasteiger charge is -2.18. The molecule has 82 valence electrons. The van der Waals surface area contributed by atoms with Gasteiger partial charge in [0.15, 0.2) is 0 Å². The number of primary amides is 1. The second-order valence-electron chi connectivity index (χ2n) is 3.38. The third-order valence-electron chi connectivity index (χ3n) is 2.15. The van der Waals surface area contributed by atoms with E-state index in [2.05, 4.69) is 0 Å². The van der Waals surface area contributed by atoms with Crippen LogP contribution in [0.15, 0.2) is 18.2 Å². The number of amides is 1. The van der Waals surface area contributed by atoms with Crippen LogP contribution in [0.4, 0.5) is 4.39 Å². The van der Waals surface area contributed by atoms with E-state index in [9.17, 15) is 9.18 Å². The Balaban J connectivity index is 3.23. The van der Waals surface area contributed by atoms with E-state index in [0.717, 1.165) is 0 Å². The molecule has 15 heavy (non-hydrogen) atoms. The smallest absolute Gasteiger partial charge is 0.226 e. The van der Waals surface area contributed by atoms with Crippen LogP contribution >= 0.6 is 11.6 Å². The number of carbonyl (C=O) groups is 1. The molecule has 0 spiro atoms. The summed E-state index contributed by atoms with van der Waals surface area (Å²) in [6.45, 7) is 1.59. The molecule has 0 unspecified atom stereocenters. The molecule has 0 fully saturated rings. The number of hydrogen-bond acceptors (Lipinski definition) is 2. The maximum atomic E-state index is 13.6. The lowest BCUT2D eigenvalue weighted by Crippen LogP contribution is -2.35. The first-order valence-corrected chi connectivity index (χ1v) is 4.81. The summed E-state index contributed by atoms with van der Waals surface area (Å²) >= 11 is 5.60. The van der Waals surface area contributed by atoms with Crippen molar-refractivity contribution in [1.82, 2.24) is 0 Å². The molecule has 3 nitrogen and oxygen atoms in total. The zero-order valence-electron chi connectivity index (χ0n) is 8.21. The molecule has 0 aliphatic carbocycles.